The molecule has 19 heavy (non-hydrogen) atoms. The van der Waals surface area contributed by atoms with Crippen molar-refractivity contribution >= 4 is 5.78 Å². The van der Waals surface area contributed by atoms with Gasteiger partial charge in [-0.05, 0) is 26.8 Å². The van der Waals surface area contributed by atoms with Crippen molar-refractivity contribution in [2.45, 2.75) is 27.3 Å². The highest BCUT2D eigenvalue weighted by atomic mass is 16.5. The predicted octanol–water partition coefficient (Wildman–Crippen LogP) is 2.76. The Kier molecular flexibility index (Phi) is 3.69. The third-order valence-electron chi connectivity index (χ3n) is 3.25. The van der Waals surface area contributed by atoms with Gasteiger partial charge in [-0.3, -0.25) is 9.48 Å². The summed E-state index contributed by atoms with van der Waals surface area (Å²) < 4.78 is 7.18. The molecule has 0 aliphatic carbocycles. The second kappa shape index (κ2) is 5.26. The van der Waals surface area contributed by atoms with Crippen LogP contribution < -0.4 is 4.74 Å². The number of ketones is 1. The van der Waals surface area contributed by atoms with Crippen LogP contribution in [0.25, 0.3) is 0 Å². The van der Waals surface area contributed by atoms with Crippen LogP contribution in [0.15, 0.2) is 24.3 Å². The molecule has 0 aliphatic rings. The van der Waals surface area contributed by atoms with Gasteiger partial charge in [0.15, 0.2) is 5.78 Å². The summed E-state index contributed by atoms with van der Waals surface area (Å²) in [4.78, 5) is 11.6. The van der Waals surface area contributed by atoms with E-state index >= 15 is 0 Å². The van der Waals surface area contributed by atoms with E-state index in [2.05, 4.69) is 5.10 Å². The molecule has 1 heterocycles. The Labute approximate surface area is 113 Å². The zero-order valence-electron chi connectivity index (χ0n) is 11.7. The van der Waals surface area contributed by atoms with Crippen molar-refractivity contribution in [3.05, 3.63) is 46.8 Å². The van der Waals surface area contributed by atoms with Crippen LogP contribution >= 0.6 is 0 Å². The number of ether oxygens (including phenoxy) is 1. The molecule has 0 atom stereocenters. The Morgan fingerprint density at radius 2 is 2.00 bits per heavy atom. The number of hydrogen-bond acceptors (Lipinski definition) is 3. The van der Waals surface area contributed by atoms with E-state index < -0.39 is 0 Å². The molecule has 2 rings (SSSR count). The molecule has 0 saturated heterocycles. The summed E-state index contributed by atoms with van der Waals surface area (Å²) in [6.07, 6.45) is 0. The Hall–Kier alpha value is -2.10. The maximum atomic E-state index is 11.6. The molecule has 2 aromatic rings. The molecule has 0 spiro atoms. The quantitative estimate of drug-likeness (QED) is 0.792. The number of hydrogen-bond donors (Lipinski definition) is 0. The Bertz CT molecular complexity index is 615. The summed E-state index contributed by atoms with van der Waals surface area (Å²) in [5, 5.41) is 4.44. The molecule has 0 saturated carbocycles. The molecule has 1 aromatic heterocycles. The van der Waals surface area contributed by atoms with Crippen LogP contribution in [-0.4, -0.2) is 22.7 Å². The van der Waals surface area contributed by atoms with Crippen LogP contribution in [0.1, 0.15) is 34.2 Å². The highest BCUT2D eigenvalue weighted by Gasteiger charge is 2.16. The molecular formula is C15H18N2O2. The zero-order valence-corrected chi connectivity index (χ0v) is 11.7. The molecule has 4 heteroatoms. The van der Waals surface area contributed by atoms with Crippen molar-refractivity contribution in [1.29, 1.82) is 0 Å². The fraction of sp³-hybridized carbons (Fsp3) is 0.333. The van der Waals surface area contributed by atoms with Crippen LogP contribution in [0.4, 0.5) is 0 Å². The zero-order chi connectivity index (χ0) is 14.0. The SMILES string of the molecule is COc1ccccc1Cn1nc(C)c(C(C)=O)c1C. The van der Waals surface area contributed by atoms with Crippen molar-refractivity contribution in [3.63, 3.8) is 0 Å². The number of para-hydroxylation sites is 1. The molecule has 0 amide bonds. The minimum atomic E-state index is 0.0567. The number of aromatic nitrogens is 2. The second-order valence-corrected chi connectivity index (χ2v) is 4.57. The molecule has 0 aliphatic heterocycles. The molecule has 0 unspecified atom stereocenters. The summed E-state index contributed by atoms with van der Waals surface area (Å²) in [5.41, 5.74) is 3.44. The highest BCUT2D eigenvalue weighted by Crippen LogP contribution is 2.21. The summed E-state index contributed by atoms with van der Waals surface area (Å²) in [6.45, 7) is 5.96. The van der Waals surface area contributed by atoms with Gasteiger partial charge in [-0.15, -0.1) is 0 Å². The number of benzene rings is 1. The standard InChI is InChI=1S/C15H18N2O2/c1-10-15(12(3)18)11(2)17(16-10)9-13-7-5-6-8-14(13)19-4/h5-8H,9H2,1-4H3. The lowest BCUT2D eigenvalue weighted by Gasteiger charge is -2.09. The molecule has 1 aromatic carbocycles. The minimum Gasteiger partial charge on any atom is -0.496 e. The van der Waals surface area contributed by atoms with Gasteiger partial charge < -0.3 is 4.74 Å². The largest absolute Gasteiger partial charge is 0.496 e. The fourth-order valence-corrected chi connectivity index (χ4v) is 2.36. The van der Waals surface area contributed by atoms with Gasteiger partial charge in [0.2, 0.25) is 0 Å². The number of carbonyl (C=O) groups is 1. The van der Waals surface area contributed by atoms with Crippen LogP contribution in [-0.2, 0) is 6.54 Å². The van der Waals surface area contributed by atoms with Gasteiger partial charge in [-0.25, -0.2) is 0 Å². The van der Waals surface area contributed by atoms with Crippen LogP contribution in [0.3, 0.4) is 0 Å². The predicted molar refractivity (Wildman–Crippen MR) is 73.8 cm³/mol. The number of carbonyl (C=O) groups excluding carboxylic acids is 1. The Morgan fingerprint density at radius 3 is 2.58 bits per heavy atom. The fourth-order valence-electron chi connectivity index (χ4n) is 2.36. The first-order valence-corrected chi connectivity index (χ1v) is 6.21. The second-order valence-electron chi connectivity index (χ2n) is 4.57. The molecule has 100 valence electrons. The van der Waals surface area contributed by atoms with Crippen molar-refractivity contribution < 1.29 is 9.53 Å². The van der Waals surface area contributed by atoms with Gasteiger partial charge in [0.05, 0.1) is 24.9 Å². The first kappa shape index (κ1) is 13.3. The number of rotatable bonds is 4. The normalized spacial score (nSPS) is 10.5. The first-order valence-electron chi connectivity index (χ1n) is 6.21. The lowest BCUT2D eigenvalue weighted by Crippen LogP contribution is -2.06. The third-order valence-corrected chi connectivity index (χ3v) is 3.25. The average molecular weight is 258 g/mol. The van der Waals surface area contributed by atoms with Crippen molar-refractivity contribution in [1.82, 2.24) is 9.78 Å². The van der Waals surface area contributed by atoms with Gasteiger partial charge in [0, 0.05) is 11.3 Å². The number of nitrogens with zero attached hydrogens (tertiary/aromatic N) is 2. The topological polar surface area (TPSA) is 44.1 Å². The average Bonchev–Trinajstić information content (AvgIpc) is 2.65. The molecule has 0 N–H and O–H groups in total. The highest BCUT2D eigenvalue weighted by molar-refractivity contribution is 5.96. The van der Waals surface area contributed by atoms with E-state index in [-0.39, 0.29) is 5.78 Å². The monoisotopic (exact) mass is 258 g/mol. The molecule has 0 fully saturated rings. The van der Waals surface area contributed by atoms with E-state index in [1.807, 2.05) is 42.8 Å². The van der Waals surface area contributed by atoms with E-state index in [9.17, 15) is 4.79 Å². The van der Waals surface area contributed by atoms with Gasteiger partial charge in [-0.1, -0.05) is 18.2 Å². The van der Waals surface area contributed by atoms with E-state index in [0.717, 1.165) is 28.3 Å². The maximum Gasteiger partial charge on any atom is 0.163 e. The molecule has 0 radical (unpaired) electrons. The van der Waals surface area contributed by atoms with Gasteiger partial charge in [0.1, 0.15) is 5.75 Å². The van der Waals surface area contributed by atoms with Crippen LogP contribution in [0, 0.1) is 13.8 Å². The van der Waals surface area contributed by atoms with Gasteiger partial charge in [-0.2, -0.15) is 5.10 Å². The third kappa shape index (κ3) is 2.52. The van der Waals surface area contributed by atoms with E-state index in [4.69, 9.17) is 4.74 Å². The number of Topliss-reactive ketones (excluding diaryl/α,β-unsaturated/α-hetero) is 1. The number of methoxy groups -OCH3 is 1. The van der Waals surface area contributed by atoms with Crippen LogP contribution in [0.5, 0.6) is 5.75 Å². The Morgan fingerprint density at radius 1 is 1.32 bits per heavy atom. The lowest BCUT2D eigenvalue weighted by molar-refractivity contribution is 0.101. The maximum absolute atomic E-state index is 11.6. The molecule has 0 bridgehead atoms. The summed E-state index contributed by atoms with van der Waals surface area (Å²) >= 11 is 0. The van der Waals surface area contributed by atoms with Crippen LogP contribution in [0.2, 0.25) is 0 Å². The first-order chi connectivity index (χ1) is 9.04. The van der Waals surface area contributed by atoms with Gasteiger partial charge in [0.25, 0.3) is 0 Å². The summed E-state index contributed by atoms with van der Waals surface area (Å²) in [6, 6.07) is 7.83. The van der Waals surface area contributed by atoms with E-state index in [0.29, 0.717) is 6.54 Å². The summed E-state index contributed by atoms with van der Waals surface area (Å²) in [7, 11) is 1.65. The van der Waals surface area contributed by atoms with Crippen molar-refractivity contribution in [2.24, 2.45) is 0 Å². The van der Waals surface area contributed by atoms with Crippen molar-refractivity contribution in [3.8, 4) is 5.75 Å². The lowest BCUT2D eigenvalue weighted by atomic mass is 10.1. The van der Waals surface area contributed by atoms with Gasteiger partial charge >= 0.3 is 0 Å². The summed E-state index contributed by atoms with van der Waals surface area (Å²) in [5.74, 6) is 0.890. The van der Waals surface area contributed by atoms with Crippen molar-refractivity contribution in [2.75, 3.05) is 7.11 Å². The smallest absolute Gasteiger partial charge is 0.163 e. The number of aryl methyl sites for hydroxylation is 1. The molecule has 4 nitrogen and oxygen atoms in total. The Balaban J connectivity index is 2.39. The molecular weight excluding hydrogens is 240 g/mol. The van der Waals surface area contributed by atoms with E-state index in [1.54, 1.807) is 14.0 Å². The van der Waals surface area contributed by atoms with E-state index in [1.165, 1.54) is 0 Å². The minimum absolute atomic E-state index is 0.0567.